The van der Waals surface area contributed by atoms with Gasteiger partial charge in [0.2, 0.25) is 0 Å². The van der Waals surface area contributed by atoms with E-state index in [1.54, 1.807) is 0 Å². The Morgan fingerprint density at radius 2 is 2.28 bits per heavy atom. The molecule has 3 heterocycles. The fourth-order valence-corrected chi connectivity index (χ4v) is 3.32. The molecular weight excluding hydrogens is 226 g/mol. The molecule has 2 fully saturated rings. The lowest BCUT2D eigenvalue weighted by Crippen LogP contribution is -2.58. The molecule has 2 aliphatic rings. The van der Waals surface area contributed by atoms with Crippen LogP contribution in [0.1, 0.15) is 37.6 Å². The first-order chi connectivity index (χ1) is 8.72. The van der Waals surface area contributed by atoms with Gasteiger partial charge in [-0.1, -0.05) is 11.6 Å². The number of nitrogens with zero attached hydrogens (tertiary/aromatic N) is 3. The van der Waals surface area contributed by atoms with E-state index in [0.29, 0.717) is 6.04 Å². The summed E-state index contributed by atoms with van der Waals surface area (Å²) >= 11 is 0. The highest BCUT2D eigenvalue weighted by atomic mass is 16.5. The summed E-state index contributed by atoms with van der Waals surface area (Å²) in [5.74, 6) is 1.00. The van der Waals surface area contributed by atoms with Gasteiger partial charge in [-0.2, -0.15) is 0 Å². The van der Waals surface area contributed by atoms with Crippen molar-refractivity contribution in [3.05, 3.63) is 17.5 Å². The molecule has 0 radical (unpaired) electrons. The third kappa shape index (κ3) is 2.45. The van der Waals surface area contributed by atoms with Crippen molar-refractivity contribution < 1.29 is 4.52 Å². The van der Waals surface area contributed by atoms with Gasteiger partial charge in [-0.3, -0.25) is 9.80 Å². The molecule has 0 spiro atoms. The third-order valence-corrected chi connectivity index (χ3v) is 4.35. The number of rotatable bonds is 2. The largest absolute Gasteiger partial charge is 0.360 e. The van der Waals surface area contributed by atoms with Crippen molar-refractivity contribution in [1.29, 1.82) is 0 Å². The van der Waals surface area contributed by atoms with Crippen molar-refractivity contribution in [2.45, 2.75) is 51.7 Å². The van der Waals surface area contributed by atoms with Gasteiger partial charge in [0.05, 0.1) is 12.2 Å². The molecule has 0 saturated carbocycles. The predicted octanol–water partition coefficient (Wildman–Crippen LogP) is 2.04. The minimum absolute atomic E-state index is 0.616. The molecular formula is C14H23N3O. The summed E-state index contributed by atoms with van der Waals surface area (Å²) in [6, 6.07) is 3.43. The highest BCUT2D eigenvalue weighted by Gasteiger charge is 2.33. The summed E-state index contributed by atoms with van der Waals surface area (Å²) in [5, 5.41) is 3.98. The number of aromatic nitrogens is 1. The predicted molar refractivity (Wildman–Crippen MR) is 70.3 cm³/mol. The first kappa shape index (κ1) is 12.2. The van der Waals surface area contributed by atoms with E-state index in [1.807, 2.05) is 6.92 Å². The van der Waals surface area contributed by atoms with Crippen LogP contribution in [0.3, 0.4) is 0 Å². The number of hydrogen-bond acceptors (Lipinski definition) is 4. The highest BCUT2D eigenvalue weighted by Crippen LogP contribution is 2.25. The monoisotopic (exact) mass is 249 g/mol. The Labute approximate surface area is 109 Å². The second-order valence-electron chi connectivity index (χ2n) is 5.86. The molecule has 2 unspecified atom stereocenters. The Bertz CT molecular complexity index is 403. The lowest BCUT2D eigenvalue weighted by Gasteiger charge is -2.47. The van der Waals surface area contributed by atoms with Gasteiger partial charge in [-0.15, -0.1) is 0 Å². The summed E-state index contributed by atoms with van der Waals surface area (Å²) in [6.07, 6.45) is 4.13. The number of aryl methyl sites for hydroxylation is 1. The summed E-state index contributed by atoms with van der Waals surface area (Å²) in [5.41, 5.74) is 0.981. The van der Waals surface area contributed by atoms with Crippen LogP contribution in [0.5, 0.6) is 0 Å². The molecule has 4 nitrogen and oxygen atoms in total. The van der Waals surface area contributed by atoms with Gasteiger partial charge in [-0.05, 0) is 33.2 Å². The normalized spacial score (nSPS) is 30.3. The first-order valence-corrected chi connectivity index (χ1v) is 7.12. The maximum absolute atomic E-state index is 5.35. The Morgan fingerprint density at radius 1 is 1.39 bits per heavy atom. The average molecular weight is 249 g/mol. The zero-order valence-corrected chi connectivity index (χ0v) is 11.4. The molecule has 0 N–H and O–H groups in total. The summed E-state index contributed by atoms with van der Waals surface area (Å²) in [4.78, 5) is 5.22. The van der Waals surface area contributed by atoms with E-state index in [0.717, 1.165) is 24.0 Å². The molecule has 2 saturated heterocycles. The molecule has 2 aliphatic heterocycles. The van der Waals surface area contributed by atoms with Crippen LogP contribution in [0, 0.1) is 6.92 Å². The van der Waals surface area contributed by atoms with Crippen LogP contribution in [-0.4, -0.2) is 46.7 Å². The highest BCUT2D eigenvalue weighted by molar-refractivity contribution is 5.04. The van der Waals surface area contributed by atoms with Crippen molar-refractivity contribution in [3.8, 4) is 0 Å². The van der Waals surface area contributed by atoms with E-state index in [-0.39, 0.29) is 0 Å². The Hall–Kier alpha value is -0.870. The number of piperidine rings is 1. The van der Waals surface area contributed by atoms with Crippen molar-refractivity contribution >= 4 is 0 Å². The van der Waals surface area contributed by atoms with E-state index >= 15 is 0 Å². The quantitative estimate of drug-likeness (QED) is 0.803. The van der Waals surface area contributed by atoms with Crippen molar-refractivity contribution in [2.24, 2.45) is 0 Å². The maximum Gasteiger partial charge on any atom is 0.150 e. The van der Waals surface area contributed by atoms with Crippen LogP contribution < -0.4 is 0 Å². The fraction of sp³-hybridized carbons (Fsp3) is 0.786. The number of piperazine rings is 1. The van der Waals surface area contributed by atoms with Crippen molar-refractivity contribution in [1.82, 2.24) is 15.0 Å². The number of hydrogen-bond donors (Lipinski definition) is 0. The molecule has 1 aromatic rings. The van der Waals surface area contributed by atoms with Crippen LogP contribution in [0.25, 0.3) is 0 Å². The molecule has 2 atom stereocenters. The van der Waals surface area contributed by atoms with Crippen LogP contribution in [0.4, 0.5) is 0 Å². The van der Waals surface area contributed by atoms with E-state index in [4.69, 9.17) is 4.52 Å². The lowest BCUT2D eigenvalue weighted by atomic mass is 9.97. The summed E-state index contributed by atoms with van der Waals surface area (Å²) in [6.45, 7) is 8.90. The standard InChI is InChI=1S/C14H23N3O/c1-11-7-14(18-15-11)10-17-9-13-5-3-4-6-16(13)8-12(17)2/h7,12-13H,3-6,8-10H2,1-2H3. The SMILES string of the molecule is Cc1cc(CN2CC3CCCCN3CC2C)on1. The molecule has 0 bridgehead atoms. The van der Waals surface area contributed by atoms with Crippen LogP contribution >= 0.6 is 0 Å². The first-order valence-electron chi connectivity index (χ1n) is 7.12. The smallest absolute Gasteiger partial charge is 0.150 e. The van der Waals surface area contributed by atoms with E-state index in [1.165, 1.54) is 38.9 Å². The van der Waals surface area contributed by atoms with E-state index in [2.05, 4.69) is 27.9 Å². The number of fused-ring (bicyclic) bond motifs is 1. The summed E-state index contributed by atoms with van der Waals surface area (Å²) in [7, 11) is 0. The molecule has 0 amide bonds. The average Bonchev–Trinajstić information content (AvgIpc) is 2.76. The third-order valence-electron chi connectivity index (χ3n) is 4.35. The molecule has 0 aromatic carbocycles. The van der Waals surface area contributed by atoms with E-state index in [9.17, 15) is 0 Å². The van der Waals surface area contributed by atoms with E-state index < -0.39 is 0 Å². The summed E-state index contributed by atoms with van der Waals surface area (Å²) < 4.78 is 5.35. The lowest BCUT2D eigenvalue weighted by molar-refractivity contribution is 0.00724. The van der Waals surface area contributed by atoms with Gasteiger partial charge < -0.3 is 4.52 Å². The van der Waals surface area contributed by atoms with Gasteiger partial charge >= 0.3 is 0 Å². The van der Waals surface area contributed by atoms with Gasteiger partial charge in [0.1, 0.15) is 0 Å². The van der Waals surface area contributed by atoms with Crippen LogP contribution in [0.2, 0.25) is 0 Å². The Morgan fingerprint density at radius 3 is 3.06 bits per heavy atom. The van der Waals surface area contributed by atoms with Gasteiger partial charge in [0.25, 0.3) is 0 Å². The van der Waals surface area contributed by atoms with Gasteiger partial charge in [-0.25, -0.2) is 0 Å². The molecule has 0 aliphatic carbocycles. The molecule has 4 heteroatoms. The molecule has 18 heavy (non-hydrogen) atoms. The minimum atomic E-state index is 0.616. The maximum atomic E-state index is 5.35. The Kier molecular flexibility index (Phi) is 3.39. The molecule has 100 valence electrons. The second kappa shape index (κ2) is 5.02. The second-order valence-corrected chi connectivity index (χ2v) is 5.86. The van der Waals surface area contributed by atoms with Gasteiger partial charge in [0, 0.05) is 31.2 Å². The topological polar surface area (TPSA) is 32.5 Å². The zero-order chi connectivity index (χ0) is 12.5. The van der Waals surface area contributed by atoms with Crippen molar-refractivity contribution in [3.63, 3.8) is 0 Å². The minimum Gasteiger partial charge on any atom is -0.360 e. The van der Waals surface area contributed by atoms with Gasteiger partial charge in [0.15, 0.2) is 5.76 Å². The molecule has 1 aromatic heterocycles. The zero-order valence-electron chi connectivity index (χ0n) is 11.4. The molecule has 3 rings (SSSR count). The fourth-order valence-electron chi connectivity index (χ4n) is 3.32. The van der Waals surface area contributed by atoms with Crippen LogP contribution in [-0.2, 0) is 6.54 Å². The van der Waals surface area contributed by atoms with Crippen LogP contribution in [0.15, 0.2) is 10.6 Å². The Balaban J connectivity index is 1.65. The van der Waals surface area contributed by atoms with Crippen molar-refractivity contribution in [2.75, 3.05) is 19.6 Å².